The molecule has 6 nitrogen and oxygen atoms in total. The molecule has 0 saturated carbocycles. The molecule has 0 atom stereocenters. The predicted octanol–water partition coefficient (Wildman–Crippen LogP) is 4.47. The number of oxime groups is 1. The van der Waals surface area contributed by atoms with Crippen molar-refractivity contribution >= 4 is 34.7 Å². The lowest BCUT2D eigenvalue weighted by molar-refractivity contribution is 0.0516. The van der Waals surface area contributed by atoms with Gasteiger partial charge in [0, 0.05) is 10.6 Å². The molecule has 8 heteroatoms. The van der Waals surface area contributed by atoms with Crippen molar-refractivity contribution in [3.8, 4) is 11.5 Å². The molecule has 0 unspecified atom stereocenters. The van der Waals surface area contributed by atoms with Crippen molar-refractivity contribution in [2.75, 3.05) is 7.11 Å². The summed E-state index contributed by atoms with van der Waals surface area (Å²) in [7, 11) is 1.55. The van der Waals surface area contributed by atoms with Crippen molar-refractivity contribution in [2.45, 2.75) is 6.61 Å². The van der Waals surface area contributed by atoms with Gasteiger partial charge < -0.3 is 20.0 Å². The maximum atomic E-state index is 12.3. The van der Waals surface area contributed by atoms with Crippen LogP contribution in [0.2, 0.25) is 5.02 Å². The van der Waals surface area contributed by atoms with E-state index in [1.165, 1.54) is 11.3 Å². The minimum absolute atomic E-state index is 0.142. The lowest BCUT2D eigenvalue weighted by Gasteiger charge is -2.11. The van der Waals surface area contributed by atoms with Gasteiger partial charge in [-0.05, 0) is 53.9 Å². The fraction of sp³-hybridized carbons (Fsp3) is 0.100. The highest BCUT2D eigenvalue weighted by molar-refractivity contribution is 7.12. The second kappa shape index (κ2) is 9.25. The van der Waals surface area contributed by atoms with Crippen LogP contribution in [0.25, 0.3) is 0 Å². The van der Waals surface area contributed by atoms with Crippen molar-refractivity contribution < 1.29 is 19.1 Å². The lowest BCUT2D eigenvalue weighted by Crippen LogP contribution is -2.14. The standard InChI is InChI=1S/C20H17ClN2O4S/c1-25-17-9-4-13(20(24)27-23-19(22)18-3-2-10-28-18)11-14(17)12-26-16-7-5-15(21)6-8-16/h2-11H,12H2,1H3,(H2,22,23). The first-order valence-electron chi connectivity index (χ1n) is 8.21. The summed E-state index contributed by atoms with van der Waals surface area (Å²) in [5.74, 6) is 0.748. The molecule has 0 saturated heterocycles. The van der Waals surface area contributed by atoms with Crippen LogP contribution < -0.4 is 15.2 Å². The van der Waals surface area contributed by atoms with Gasteiger partial charge in [-0.3, -0.25) is 0 Å². The van der Waals surface area contributed by atoms with E-state index in [2.05, 4.69) is 5.16 Å². The normalized spacial score (nSPS) is 11.1. The third-order valence-corrected chi connectivity index (χ3v) is 4.87. The quantitative estimate of drug-likeness (QED) is 0.266. The van der Waals surface area contributed by atoms with Gasteiger partial charge in [-0.2, -0.15) is 0 Å². The number of hydrogen-bond donors (Lipinski definition) is 1. The maximum absolute atomic E-state index is 12.3. The highest BCUT2D eigenvalue weighted by Crippen LogP contribution is 2.23. The molecular formula is C20H17ClN2O4S. The van der Waals surface area contributed by atoms with Gasteiger partial charge in [0.1, 0.15) is 18.1 Å². The van der Waals surface area contributed by atoms with Crippen molar-refractivity contribution in [1.29, 1.82) is 0 Å². The second-order valence-electron chi connectivity index (χ2n) is 5.60. The summed E-state index contributed by atoms with van der Waals surface area (Å²) < 4.78 is 11.1. The number of hydrogen-bond acceptors (Lipinski definition) is 6. The molecule has 2 N–H and O–H groups in total. The van der Waals surface area contributed by atoms with Gasteiger partial charge in [0.2, 0.25) is 0 Å². The monoisotopic (exact) mass is 416 g/mol. The average molecular weight is 417 g/mol. The molecule has 1 heterocycles. The first-order chi connectivity index (χ1) is 13.6. The van der Waals surface area contributed by atoms with Crippen LogP contribution in [0.15, 0.2) is 65.1 Å². The zero-order valence-corrected chi connectivity index (χ0v) is 16.5. The topological polar surface area (TPSA) is 83.1 Å². The van der Waals surface area contributed by atoms with Gasteiger partial charge in [-0.25, -0.2) is 4.79 Å². The number of thiophene rings is 1. The number of carbonyl (C=O) groups is 1. The summed E-state index contributed by atoms with van der Waals surface area (Å²) in [5.41, 5.74) is 6.78. The van der Waals surface area contributed by atoms with E-state index in [-0.39, 0.29) is 12.4 Å². The molecule has 3 rings (SSSR count). The maximum Gasteiger partial charge on any atom is 0.365 e. The Kier molecular flexibility index (Phi) is 6.52. The summed E-state index contributed by atoms with van der Waals surface area (Å²) in [6, 6.07) is 15.5. The number of halogens is 1. The van der Waals surface area contributed by atoms with Gasteiger partial charge in [0.05, 0.1) is 17.6 Å². The first kappa shape index (κ1) is 19.7. The Labute approximate surface area is 171 Å². The van der Waals surface area contributed by atoms with E-state index in [0.29, 0.717) is 27.6 Å². The Morgan fingerprint density at radius 1 is 1.18 bits per heavy atom. The second-order valence-corrected chi connectivity index (χ2v) is 6.99. The lowest BCUT2D eigenvalue weighted by atomic mass is 10.1. The summed E-state index contributed by atoms with van der Waals surface area (Å²) in [6.45, 7) is 0.201. The average Bonchev–Trinajstić information content (AvgIpc) is 3.26. The van der Waals surface area contributed by atoms with Crippen LogP contribution >= 0.6 is 22.9 Å². The van der Waals surface area contributed by atoms with Gasteiger partial charge >= 0.3 is 5.97 Å². The minimum Gasteiger partial charge on any atom is -0.496 e. The zero-order chi connectivity index (χ0) is 19.9. The van der Waals surface area contributed by atoms with Crippen LogP contribution in [0.3, 0.4) is 0 Å². The number of nitrogens with zero attached hydrogens (tertiary/aromatic N) is 1. The molecule has 1 aromatic heterocycles. The molecule has 28 heavy (non-hydrogen) atoms. The molecular weight excluding hydrogens is 400 g/mol. The third-order valence-electron chi connectivity index (χ3n) is 3.72. The predicted molar refractivity (Wildman–Crippen MR) is 109 cm³/mol. The molecule has 0 aliphatic carbocycles. The summed E-state index contributed by atoms with van der Waals surface area (Å²) >= 11 is 7.27. The van der Waals surface area contributed by atoms with Crippen LogP contribution in [0, 0.1) is 0 Å². The Morgan fingerprint density at radius 3 is 2.64 bits per heavy atom. The molecule has 3 aromatic rings. The van der Waals surface area contributed by atoms with Crippen molar-refractivity contribution in [2.24, 2.45) is 10.9 Å². The highest BCUT2D eigenvalue weighted by atomic mass is 35.5. The number of ether oxygens (including phenoxy) is 2. The van der Waals surface area contributed by atoms with E-state index in [1.54, 1.807) is 55.6 Å². The Morgan fingerprint density at radius 2 is 1.96 bits per heavy atom. The highest BCUT2D eigenvalue weighted by Gasteiger charge is 2.13. The molecule has 0 spiro atoms. The van der Waals surface area contributed by atoms with Gasteiger partial charge in [-0.15, -0.1) is 11.3 Å². The summed E-state index contributed by atoms with van der Waals surface area (Å²) in [6.07, 6.45) is 0. The van der Waals surface area contributed by atoms with Crippen molar-refractivity contribution in [1.82, 2.24) is 0 Å². The SMILES string of the molecule is COc1ccc(C(=O)O/N=C(\N)c2cccs2)cc1COc1ccc(Cl)cc1. The molecule has 0 radical (unpaired) electrons. The number of rotatable bonds is 7. The molecule has 0 aliphatic heterocycles. The van der Waals surface area contributed by atoms with E-state index in [0.717, 1.165) is 4.88 Å². The Balaban J connectivity index is 1.71. The smallest absolute Gasteiger partial charge is 0.365 e. The number of amidine groups is 1. The largest absolute Gasteiger partial charge is 0.496 e. The minimum atomic E-state index is -0.630. The summed E-state index contributed by atoms with van der Waals surface area (Å²) in [4.78, 5) is 18.0. The number of benzene rings is 2. The molecule has 0 fully saturated rings. The van der Waals surface area contributed by atoms with Crippen LogP contribution in [-0.2, 0) is 11.4 Å². The molecule has 144 valence electrons. The van der Waals surface area contributed by atoms with Gasteiger partial charge in [0.15, 0.2) is 5.84 Å². The first-order valence-corrected chi connectivity index (χ1v) is 9.46. The Hall–Kier alpha value is -3.03. The Bertz CT molecular complexity index is 972. The van der Waals surface area contributed by atoms with E-state index in [9.17, 15) is 4.79 Å². The van der Waals surface area contributed by atoms with Crippen molar-refractivity contribution in [3.05, 3.63) is 81.0 Å². The number of carbonyl (C=O) groups excluding carboxylic acids is 1. The van der Waals surface area contributed by atoms with Gasteiger partial charge in [-0.1, -0.05) is 22.8 Å². The molecule has 0 bridgehead atoms. The molecule has 2 aromatic carbocycles. The third kappa shape index (κ3) is 5.03. The van der Waals surface area contributed by atoms with Crippen LogP contribution in [-0.4, -0.2) is 18.9 Å². The van der Waals surface area contributed by atoms with E-state index in [1.807, 2.05) is 11.4 Å². The summed E-state index contributed by atoms with van der Waals surface area (Å²) in [5, 5.41) is 6.18. The van der Waals surface area contributed by atoms with E-state index in [4.69, 9.17) is 31.6 Å². The number of nitrogens with two attached hydrogens (primary N) is 1. The van der Waals surface area contributed by atoms with Crippen molar-refractivity contribution in [3.63, 3.8) is 0 Å². The molecule has 0 amide bonds. The number of methoxy groups -OCH3 is 1. The molecule has 0 aliphatic rings. The van der Waals surface area contributed by atoms with Gasteiger partial charge in [0.25, 0.3) is 0 Å². The zero-order valence-electron chi connectivity index (χ0n) is 14.9. The van der Waals surface area contributed by atoms with Crippen LogP contribution in [0.1, 0.15) is 20.8 Å². The van der Waals surface area contributed by atoms with E-state index >= 15 is 0 Å². The fourth-order valence-electron chi connectivity index (χ4n) is 2.32. The van der Waals surface area contributed by atoms with Crippen LogP contribution in [0.5, 0.6) is 11.5 Å². The fourth-order valence-corrected chi connectivity index (χ4v) is 3.07. The van der Waals surface area contributed by atoms with E-state index < -0.39 is 5.97 Å². The van der Waals surface area contributed by atoms with Crippen LogP contribution in [0.4, 0.5) is 0 Å².